The SMILES string of the molecule is CCCC=CC1CCC(c2ccc(B(O)O)c(F)c2)CC1. The summed E-state index contributed by atoms with van der Waals surface area (Å²) in [5.41, 5.74) is 0.933. The van der Waals surface area contributed by atoms with Gasteiger partial charge in [0, 0.05) is 5.46 Å². The van der Waals surface area contributed by atoms with Crippen LogP contribution in [0.25, 0.3) is 0 Å². The minimum atomic E-state index is -1.74. The van der Waals surface area contributed by atoms with Crippen LogP contribution in [0.3, 0.4) is 0 Å². The Morgan fingerprint density at radius 1 is 1.24 bits per heavy atom. The van der Waals surface area contributed by atoms with Crippen molar-refractivity contribution in [2.75, 3.05) is 0 Å². The van der Waals surface area contributed by atoms with Gasteiger partial charge < -0.3 is 10.0 Å². The molecule has 2 N–H and O–H groups in total. The van der Waals surface area contributed by atoms with Crippen molar-refractivity contribution in [3.05, 3.63) is 41.7 Å². The molecule has 0 bridgehead atoms. The molecule has 1 fully saturated rings. The maximum Gasteiger partial charge on any atom is 0.491 e. The molecule has 0 atom stereocenters. The molecule has 1 aliphatic rings. The standard InChI is InChI=1S/C17H24BFO2/c1-2-3-4-5-13-6-8-14(9-7-13)15-10-11-16(18(20)21)17(19)12-15/h4-5,10-14,20-21H,2-3,6-9H2,1H3. The maximum absolute atomic E-state index is 13.8. The van der Waals surface area contributed by atoms with E-state index in [1.165, 1.54) is 18.6 Å². The van der Waals surface area contributed by atoms with E-state index < -0.39 is 12.9 Å². The largest absolute Gasteiger partial charge is 0.491 e. The normalized spacial score (nSPS) is 22.7. The molecule has 0 amide bonds. The molecule has 2 rings (SSSR count). The van der Waals surface area contributed by atoms with Gasteiger partial charge in [-0.1, -0.05) is 37.6 Å². The summed E-state index contributed by atoms with van der Waals surface area (Å²) in [5.74, 6) is 0.531. The van der Waals surface area contributed by atoms with E-state index in [0.29, 0.717) is 11.8 Å². The third-order valence-electron chi connectivity index (χ3n) is 4.41. The average Bonchev–Trinajstić information content (AvgIpc) is 2.48. The summed E-state index contributed by atoms with van der Waals surface area (Å²) >= 11 is 0. The molecular weight excluding hydrogens is 266 g/mol. The summed E-state index contributed by atoms with van der Waals surface area (Å²) in [6.07, 6.45) is 11.4. The van der Waals surface area contributed by atoms with Gasteiger partial charge in [-0.2, -0.15) is 0 Å². The second-order valence-corrected chi connectivity index (χ2v) is 5.98. The molecule has 0 heterocycles. The molecule has 0 unspecified atom stereocenters. The fourth-order valence-electron chi connectivity index (χ4n) is 3.11. The second kappa shape index (κ2) is 7.76. The van der Waals surface area contributed by atoms with Gasteiger partial charge in [0.1, 0.15) is 5.82 Å². The van der Waals surface area contributed by atoms with Gasteiger partial charge >= 0.3 is 7.12 Å². The predicted molar refractivity (Wildman–Crippen MR) is 85.0 cm³/mol. The first-order chi connectivity index (χ1) is 10.1. The van der Waals surface area contributed by atoms with Crippen LogP contribution in [-0.2, 0) is 0 Å². The van der Waals surface area contributed by atoms with E-state index in [1.807, 2.05) is 6.07 Å². The first-order valence-corrected chi connectivity index (χ1v) is 7.94. The van der Waals surface area contributed by atoms with Crippen LogP contribution >= 0.6 is 0 Å². The van der Waals surface area contributed by atoms with Gasteiger partial charge in [-0.15, -0.1) is 0 Å². The molecule has 114 valence electrons. The third-order valence-corrected chi connectivity index (χ3v) is 4.41. The Labute approximate surface area is 126 Å². The number of halogens is 1. The minimum absolute atomic E-state index is 0.0464. The number of unbranched alkanes of at least 4 members (excludes halogenated alkanes) is 1. The van der Waals surface area contributed by atoms with Crippen LogP contribution in [0.15, 0.2) is 30.4 Å². The van der Waals surface area contributed by atoms with Crippen LogP contribution in [0, 0.1) is 11.7 Å². The van der Waals surface area contributed by atoms with Gasteiger partial charge in [0.2, 0.25) is 0 Å². The van der Waals surface area contributed by atoms with E-state index in [9.17, 15) is 4.39 Å². The Bertz CT molecular complexity index is 480. The monoisotopic (exact) mass is 290 g/mol. The molecule has 0 saturated heterocycles. The Balaban J connectivity index is 1.94. The fourth-order valence-corrected chi connectivity index (χ4v) is 3.11. The zero-order valence-electron chi connectivity index (χ0n) is 12.6. The highest BCUT2D eigenvalue weighted by Crippen LogP contribution is 2.36. The zero-order valence-corrected chi connectivity index (χ0v) is 12.6. The molecule has 0 radical (unpaired) electrons. The van der Waals surface area contributed by atoms with Gasteiger partial charge in [-0.3, -0.25) is 0 Å². The highest BCUT2D eigenvalue weighted by atomic mass is 19.1. The molecule has 1 saturated carbocycles. The van der Waals surface area contributed by atoms with Crippen LogP contribution in [0.1, 0.15) is 56.9 Å². The van der Waals surface area contributed by atoms with Gasteiger partial charge in [-0.05, 0) is 55.6 Å². The lowest BCUT2D eigenvalue weighted by atomic mass is 9.75. The van der Waals surface area contributed by atoms with Crippen molar-refractivity contribution in [2.45, 2.75) is 51.4 Å². The maximum atomic E-state index is 13.8. The molecule has 2 nitrogen and oxygen atoms in total. The van der Waals surface area contributed by atoms with Gasteiger partial charge in [-0.25, -0.2) is 4.39 Å². The van der Waals surface area contributed by atoms with Crippen molar-refractivity contribution in [3.63, 3.8) is 0 Å². The van der Waals surface area contributed by atoms with Gasteiger partial charge in [0.05, 0.1) is 0 Å². The molecule has 1 aliphatic carbocycles. The quantitative estimate of drug-likeness (QED) is 0.646. The lowest BCUT2D eigenvalue weighted by Gasteiger charge is -2.27. The van der Waals surface area contributed by atoms with Crippen molar-refractivity contribution in [1.29, 1.82) is 0 Å². The number of allylic oxidation sites excluding steroid dienone is 2. The third kappa shape index (κ3) is 4.42. The lowest BCUT2D eigenvalue weighted by Crippen LogP contribution is -2.32. The summed E-state index contributed by atoms with van der Waals surface area (Å²) in [4.78, 5) is 0. The average molecular weight is 290 g/mol. The van der Waals surface area contributed by atoms with Crippen molar-refractivity contribution in [1.82, 2.24) is 0 Å². The summed E-state index contributed by atoms with van der Waals surface area (Å²) in [6.45, 7) is 2.18. The first kappa shape index (κ1) is 16.2. The van der Waals surface area contributed by atoms with Crippen molar-refractivity contribution < 1.29 is 14.4 Å². The highest BCUT2D eigenvalue weighted by Gasteiger charge is 2.23. The van der Waals surface area contributed by atoms with Gasteiger partial charge in [0.25, 0.3) is 0 Å². The highest BCUT2D eigenvalue weighted by molar-refractivity contribution is 6.58. The molecular formula is C17H24BFO2. The van der Waals surface area contributed by atoms with Gasteiger partial charge in [0.15, 0.2) is 0 Å². The topological polar surface area (TPSA) is 40.5 Å². The number of hydrogen-bond acceptors (Lipinski definition) is 2. The van der Waals surface area contributed by atoms with E-state index >= 15 is 0 Å². The van der Waals surface area contributed by atoms with E-state index in [1.54, 1.807) is 0 Å². The number of rotatable bonds is 5. The summed E-state index contributed by atoms with van der Waals surface area (Å²) in [5, 5.41) is 18.1. The first-order valence-electron chi connectivity index (χ1n) is 7.94. The Hall–Kier alpha value is -1.13. The smallest absolute Gasteiger partial charge is 0.423 e. The van der Waals surface area contributed by atoms with E-state index in [-0.39, 0.29) is 5.46 Å². The minimum Gasteiger partial charge on any atom is -0.423 e. The van der Waals surface area contributed by atoms with Crippen LogP contribution in [0.2, 0.25) is 0 Å². The number of hydrogen-bond donors (Lipinski definition) is 2. The second-order valence-electron chi connectivity index (χ2n) is 5.98. The summed E-state index contributed by atoms with van der Waals surface area (Å²) in [7, 11) is -1.74. The number of benzene rings is 1. The van der Waals surface area contributed by atoms with E-state index in [0.717, 1.165) is 37.7 Å². The molecule has 0 aromatic heterocycles. The molecule has 1 aromatic rings. The molecule has 1 aromatic carbocycles. The Morgan fingerprint density at radius 2 is 1.95 bits per heavy atom. The molecule has 0 aliphatic heterocycles. The molecule has 4 heteroatoms. The fraction of sp³-hybridized carbons (Fsp3) is 0.529. The van der Waals surface area contributed by atoms with Crippen LogP contribution in [-0.4, -0.2) is 17.2 Å². The molecule has 0 spiro atoms. The summed E-state index contributed by atoms with van der Waals surface area (Å²) in [6, 6.07) is 4.78. The predicted octanol–water partition coefficient (Wildman–Crippen LogP) is 3.14. The van der Waals surface area contributed by atoms with Crippen LogP contribution < -0.4 is 5.46 Å². The zero-order chi connectivity index (χ0) is 15.2. The van der Waals surface area contributed by atoms with Crippen LogP contribution in [0.5, 0.6) is 0 Å². The van der Waals surface area contributed by atoms with Crippen molar-refractivity contribution >= 4 is 12.6 Å². The lowest BCUT2D eigenvalue weighted by molar-refractivity contribution is 0.374. The van der Waals surface area contributed by atoms with E-state index in [4.69, 9.17) is 10.0 Å². The van der Waals surface area contributed by atoms with Crippen molar-refractivity contribution in [2.24, 2.45) is 5.92 Å². The summed E-state index contributed by atoms with van der Waals surface area (Å²) < 4.78 is 13.8. The van der Waals surface area contributed by atoms with E-state index in [2.05, 4.69) is 19.1 Å². The van der Waals surface area contributed by atoms with Crippen molar-refractivity contribution in [3.8, 4) is 0 Å². The van der Waals surface area contributed by atoms with Crippen LogP contribution in [0.4, 0.5) is 4.39 Å². The Morgan fingerprint density at radius 3 is 2.52 bits per heavy atom. The molecule has 21 heavy (non-hydrogen) atoms. The Kier molecular flexibility index (Phi) is 6.01.